The number of benzene rings is 2. The van der Waals surface area contributed by atoms with Crippen LogP contribution in [0.2, 0.25) is 0 Å². The summed E-state index contributed by atoms with van der Waals surface area (Å²) >= 11 is 0. The molecule has 0 unspecified atom stereocenters. The maximum absolute atomic E-state index is 11.9. The van der Waals surface area contributed by atoms with E-state index in [0.29, 0.717) is 23.9 Å². The molecular formula is C16H15N3O2. The molecule has 0 atom stereocenters. The zero-order valence-electron chi connectivity index (χ0n) is 11.3. The van der Waals surface area contributed by atoms with Gasteiger partial charge in [0.15, 0.2) is 11.6 Å². The Kier molecular flexibility index (Phi) is 3.47. The fraction of sp³-hybridized carbons (Fsp3) is 0.0625. The highest BCUT2D eigenvalue weighted by Crippen LogP contribution is 2.34. The van der Waals surface area contributed by atoms with E-state index < -0.39 is 0 Å². The summed E-state index contributed by atoms with van der Waals surface area (Å²) in [4.78, 5) is 11.9. The normalized spacial score (nSPS) is 12.1. The summed E-state index contributed by atoms with van der Waals surface area (Å²) in [7, 11) is 0. The number of ether oxygens (including phenoxy) is 1. The Labute approximate surface area is 122 Å². The minimum Gasteiger partial charge on any atom is -0.439 e. The Bertz CT molecular complexity index is 683. The van der Waals surface area contributed by atoms with E-state index in [9.17, 15) is 4.79 Å². The highest BCUT2D eigenvalue weighted by atomic mass is 16.5. The Morgan fingerprint density at radius 3 is 2.81 bits per heavy atom. The third kappa shape index (κ3) is 3.14. The van der Waals surface area contributed by atoms with Crippen LogP contribution in [0.1, 0.15) is 5.56 Å². The Morgan fingerprint density at radius 2 is 2.00 bits per heavy atom. The monoisotopic (exact) mass is 281 g/mol. The second-order valence-corrected chi connectivity index (χ2v) is 4.65. The molecular weight excluding hydrogens is 266 g/mol. The Balaban J connectivity index is 1.58. The van der Waals surface area contributed by atoms with E-state index in [2.05, 4.69) is 22.5 Å². The molecule has 2 aromatic rings. The summed E-state index contributed by atoms with van der Waals surface area (Å²) < 4.78 is 5.38. The van der Waals surface area contributed by atoms with E-state index in [0.717, 1.165) is 11.3 Å². The lowest BCUT2D eigenvalue weighted by Crippen LogP contribution is -2.28. The predicted octanol–water partition coefficient (Wildman–Crippen LogP) is 3.28. The standard InChI is InChI=1S/C16H15N3O2/c1-11-18-14-8-7-13(9-15(14)21-11)19-16(20)17-10-12-5-3-2-4-6-12/h2-9,18H,1,10H2,(H2,17,19,20). The van der Waals surface area contributed by atoms with Crippen molar-refractivity contribution in [3.05, 3.63) is 66.6 Å². The van der Waals surface area contributed by atoms with Gasteiger partial charge in [0, 0.05) is 18.3 Å². The van der Waals surface area contributed by atoms with Crippen LogP contribution in [0.15, 0.2) is 61.0 Å². The van der Waals surface area contributed by atoms with Gasteiger partial charge >= 0.3 is 6.03 Å². The van der Waals surface area contributed by atoms with Gasteiger partial charge in [-0.15, -0.1) is 0 Å². The largest absolute Gasteiger partial charge is 0.439 e. The molecule has 5 heteroatoms. The second kappa shape index (κ2) is 5.58. The summed E-state index contributed by atoms with van der Waals surface area (Å²) in [5, 5.41) is 8.55. The van der Waals surface area contributed by atoms with Gasteiger partial charge < -0.3 is 20.7 Å². The van der Waals surface area contributed by atoms with Crippen LogP contribution in [0, 0.1) is 0 Å². The van der Waals surface area contributed by atoms with Gasteiger partial charge in [0.05, 0.1) is 5.69 Å². The van der Waals surface area contributed by atoms with Crippen LogP contribution in [-0.2, 0) is 6.54 Å². The van der Waals surface area contributed by atoms with Crippen LogP contribution in [0.3, 0.4) is 0 Å². The molecule has 1 aliphatic heterocycles. The SMILES string of the molecule is C=C1Nc2ccc(NC(=O)NCc3ccccc3)cc2O1. The maximum atomic E-state index is 11.9. The molecule has 5 nitrogen and oxygen atoms in total. The van der Waals surface area contributed by atoms with Gasteiger partial charge in [-0.1, -0.05) is 30.3 Å². The van der Waals surface area contributed by atoms with E-state index >= 15 is 0 Å². The van der Waals surface area contributed by atoms with Crippen LogP contribution >= 0.6 is 0 Å². The first-order valence-electron chi connectivity index (χ1n) is 6.57. The molecule has 1 heterocycles. The molecule has 3 rings (SSSR count). The van der Waals surface area contributed by atoms with Crippen molar-refractivity contribution in [2.45, 2.75) is 6.54 Å². The van der Waals surface area contributed by atoms with E-state index in [1.807, 2.05) is 36.4 Å². The summed E-state index contributed by atoms with van der Waals surface area (Å²) in [6.07, 6.45) is 0. The van der Waals surface area contributed by atoms with Crippen LogP contribution in [-0.4, -0.2) is 6.03 Å². The topological polar surface area (TPSA) is 62.4 Å². The van der Waals surface area contributed by atoms with Crippen molar-refractivity contribution in [2.24, 2.45) is 0 Å². The molecule has 2 amide bonds. The minimum absolute atomic E-state index is 0.261. The Morgan fingerprint density at radius 1 is 1.19 bits per heavy atom. The first-order chi connectivity index (χ1) is 10.2. The lowest BCUT2D eigenvalue weighted by Gasteiger charge is -2.08. The zero-order chi connectivity index (χ0) is 14.7. The fourth-order valence-corrected chi connectivity index (χ4v) is 2.05. The lowest BCUT2D eigenvalue weighted by molar-refractivity contribution is 0.251. The molecule has 1 aliphatic rings. The van der Waals surface area contributed by atoms with Gasteiger partial charge in [0.2, 0.25) is 0 Å². The number of nitrogens with one attached hydrogen (secondary N) is 3. The molecule has 0 aromatic heterocycles. The molecule has 3 N–H and O–H groups in total. The van der Waals surface area contributed by atoms with Crippen LogP contribution in [0.4, 0.5) is 16.2 Å². The number of carbonyl (C=O) groups excluding carboxylic acids is 1. The van der Waals surface area contributed by atoms with Crippen molar-refractivity contribution < 1.29 is 9.53 Å². The molecule has 106 valence electrons. The van der Waals surface area contributed by atoms with Crippen molar-refractivity contribution in [3.8, 4) is 5.75 Å². The van der Waals surface area contributed by atoms with E-state index in [4.69, 9.17) is 4.74 Å². The second-order valence-electron chi connectivity index (χ2n) is 4.65. The van der Waals surface area contributed by atoms with Gasteiger partial charge in [0.25, 0.3) is 0 Å². The molecule has 0 saturated heterocycles. The third-order valence-electron chi connectivity index (χ3n) is 3.04. The summed E-state index contributed by atoms with van der Waals surface area (Å²) in [5.41, 5.74) is 2.55. The zero-order valence-corrected chi connectivity index (χ0v) is 11.3. The number of hydrogen-bond acceptors (Lipinski definition) is 3. The third-order valence-corrected chi connectivity index (χ3v) is 3.04. The lowest BCUT2D eigenvalue weighted by atomic mass is 10.2. The number of carbonyl (C=O) groups is 1. The van der Waals surface area contributed by atoms with Crippen LogP contribution in [0.5, 0.6) is 5.75 Å². The van der Waals surface area contributed by atoms with Crippen molar-refractivity contribution in [1.82, 2.24) is 5.32 Å². The molecule has 21 heavy (non-hydrogen) atoms. The van der Waals surface area contributed by atoms with Crippen LogP contribution in [0.25, 0.3) is 0 Å². The number of fused-ring (bicyclic) bond motifs is 1. The van der Waals surface area contributed by atoms with E-state index in [1.54, 1.807) is 12.1 Å². The van der Waals surface area contributed by atoms with Crippen molar-refractivity contribution in [3.63, 3.8) is 0 Å². The van der Waals surface area contributed by atoms with E-state index in [-0.39, 0.29) is 6.03 Å². The highest BCUT2D eigenvalue weighted by molar-refractivity contribution is 5.90. The van der Waals surface area contributed by atoms with Crippen LogP contribution < -0.4 is 20.7 Å². The molecule has 0 bridgehead atoms. The molecule has 0 saturated carbocycles. The number of urea groups is 1. The predicted molar refractivity (Wildman–Crippen MR) is 82.1 cm³/mol. The average molecular weight is 281 g/mol. The van der Waals surface area contributed by atoms with Gasteiger partial charge in [-0.2, -0.15) is 0 Å². The smallest absolute Gasteiger partial charge is 0.319 e. The van der Waals surface area contributed by atoms with Crippen molar-refractivity contribution in [2.75, 3.05) is 10.6 Å². The number of hydrogen-bond donors (Lipinski definition) is 3. The number of amides is 2. The average Bonchev–Trinajstić information content (AvgIpc) is 2.85. The molecule has 0 fully saturated rings. The number of rotatable bonds is 3. The molecule has 0 spiro atoms. The maximum Gasteiger partial charge on any atom is 0.319 e. The summed E-state index contributed by atoms with van der Waals surface area (Å²) in [5.74, 6) is 1.14. The highest BCUT2D eigenvalue weighted by Gasteiger charge is 2.15. The van der Waals surface area contributed by atoms with Gasteiger partial charge in [-0.3, -0.25) is 0 Å². The first kappa shape index (κ1) is 13.1. The summed E-state index contributed by atoms with van der Waals surface area (Å²) in [6.45, 7) is 4.17. The molecule has 0 radical (unpaired) electrons. The van der Waals surface area contributed by atoms with Crippen molar-refractivity contribution >= 4 is 17.4 Å². The quantitative estimate of drug-likeness (QED) is 0.809. The first-order valence-corrected chi connectivity index (χ1v) is 6.57. The summed E-state index contributed by atoms with van der Waals surface area (Å²) in [6, 6.07) is 14.9. The Hall–Kier alpha value is -2.95. The number of anilines is 2. The van der Waals surface area contributed by atoms with Gasteiger partial charge in [-0.25, -0.2) is 4.79 Å². The van der Waals surface area contributed by atoms with Gasteiger partial charge in [0.1, 0.15) is 0 Å². The fourth-order valence-electron chi connectivity index (χ4n) is 2.05. The molecule has 0 aliphatic carbocycles. The van der Waals surface area contributed by atoms with Crippen molar-refractivity contribution in [1.29, 1.82) is 0 Å². The van der Waals surface area contributed by atoms with E-state index in [1.165, 1.54) is 0 Å². The molecule has 2 aromatic carbocycles. The minimum atomic E-state index is -0.261. The van der Waals surface area contributed by atoms with Gasteiger partial charge in [-0.05, 0) is 24.3 Å².